The third-order valence-corrected chi connectivity index (χ3v) is 3.52. The number of ether oxygens (including phenoxy) is 1. The summed E-state index contributed by atoms with van der Waals surface area (Å²) in [7, 11) is 0. The van der Waals surface area contributed by atoms with Gasteiger partial charge >= 0.3 is 0 Å². The highest BCUT2D eigenvalue weighted by Crippen LogP contribution is 2.27. The van der Waals surface area contributed by atoms with Gasteiger partial charge in [-0.3, -0.25) is 0 Å². The zero-order chi connectivity index (χ0) is 14.7. The molecular weight excluding hydrogens is 290 g/mol. The monoisotopic (exact) mass is 307 g/mol. The van der Waals surface area contributed by atoms with Crippen LogP contribution in [-0.2, 0) is 11.2 Å². The SMILES string of the molecule is OC[C@H]1OC(n2cc(CCCCl)nn2)[C@H](O)[C@@H](O)[C@@H]1O. The summed E-state index contributed by atoms with van der Waals surface area (Å²) in [5.74, 6) is 0.507. The number of alkyl halides is 1. The maximum atomic E-state index is 9.93. The van der Waals surface area contributed by atoms with E-state index < -0.39 is 37.3 Å². The number of halogens is 1. The molecule has 1 fully saturated rings. The average Bonchev–Trinajstić information content (AvgIpc) is 2.91. The second kappa shape index (κ2) is 6.79. The van der Waals surface area contributed by atoms with Crippen LogP contribution < -0.4 is 0 Å². The lowest BCUT2D eigenvalue weighted by molar-refractivity contribution is -0.254. The minimum atomic E-state index is -1.43. The van der Waals surface area contributed by atoms with Crippen molar-refractivity contribution in [2.45, 2.75) is 43.5 Å². The average molecular weight is 308 g/mol. The second-order valence-corrected chi connectivity index (χ2v) is 5.08. The van der Waals surface area contributed by atoms with Gasteiger partial charge in [0.15, 0.2) is 6.23 Å². The van der Waals surface area contributed by atoms with Gasteiger partial charge in [0.1, 0.15) is 24.4 Å². The van der Waals surface area contributed by atoms with E-state index in [1.54, 1.807) is 6.20 Å². The van der Waals surface area contributed by atoms with Crippen LogP contribution in [-0.4, -0.2) is 72.3 Å². The van der Waals surface area contributed by atoms with E-state index in [1.807, 2.05) is 0 Å². The van der Waals surface area contributed by atoms with Crippen molar-refractivity contribution < 1.29 is 25.2 Å². The molecule has 1 saturated heterocycles. The smallest absolute Gasteiger partial charge is 0.180 e. The van der Waals surface area contributed by atoms with E-state index in [1.165, 1.54) is 4.68 Å². The molecule has 2 heterocycles. The molecule has 2 rings (SSSR count). The van der Waals surface area contributed by atoms with Gasteiger partial charge in [0.25, 0.3) is 0 Å². The molecule has 0 amide bonds. The zero-order valence-electron chi connectivity index (χ0n) is 10.7. The van der Waals surface area contributed by atoms with Gasteiger partial charge in [0.05, 0.1) is 18.5 Å². The molecular formula is C11H18ClN3O5. The number of aliphatic hydroxyl groups is 4. The summed E-state index contributed by atoms with van der Waals surface area (Å²) >= 11 is 5.59. The Labute approximate surface area is 120 Å². The Hall–Kier alpha value is -0.770. The van der Waals surface area contributed by atoms with Crippen LogP contribution in [0.3, 0.4) is 0 Å². The fourth-order valence-electron chi connectivity index (χ4n) is 2.10. The van der Waals surface area contributed by atoms with Crippen molar-refractivity contribution in [1.82, 2.24) is 15.0 Å². The quantitative estimate of drug-likeness (QED) is 0.485. The number of aliphatic hydroxyl groups excluding tert-OH is 4. The maximum Gasteiger partial charge on any atom is 0.180 e. The van der Waals surface area contributed by atoms with Gasteiger partial charge in [-0.2, -0.15) is 0 Å². The molecule has 20 heavy (non-hydrogen) atoms. The molecule has 4 N–H and O–H groups in total. The number of hydrogen-bond donors (Lipinski definition) is 4. The van der Waals surface area contributed by atoms with Gasteiger partial charge in [-0.05, 0) is 12.8 Å². The highest BCUT2D eigenvalue weighted by atomic mass is 35.5. The molecule has 0 aliphatic carbocycles. The summed E-state index contributed by atoms with van der Waals surface area (Å²) < 4.78 is 6.63. The van der Waals surface area contributed by atoms with E-state index >= 15 is 0 Å². The first-order chi connectivity index (χ1) is 9.58. The topological polar surface area (TPSA) is 121 Å². The van der Waals surface area contributed by atoms with Gasteiger partial charge in [-0.25, -0.2) is 4.68 Å². The van der Waals surface area contributed by atoms with Crippen molar-refractivity contribution in [2.24, 2.45) is 0 Å². The third-order valence-electron chi connectivity index (χ3n) is 3.25. The van der Waals surface area contributed by atoms with Crippen LogP contribution >= 0.6 is 11.6 Å². The van der Waals surface area contributed by atoms with Crippen LogP contribution in [0.25, 0.3) is 0 Å². The van der Waals surface area contributed by atoms with Crippen LogP contribution in [0.1, 0.15) is 18.3 Å². The molecule has 1 aliphatic heterocycles. The summed E-state index contributed by atoms with van der Waals surface area (Å²) in [6, 6.07) is 0. The fourth-order valence-corrected chi connectivity index (χ4v) is 2.23. The molecule has 0 bridgehead atoms. The minimum Gasteiger partial charge on any atom is -0.394 e. The highest BCUT2D eigenvalue weighted by Gasteiger charge is 2.44. The maximum absolute atomic E-state index is 9.93. The van der Waals surface area contributed by atoms with Crippen LogP contribution in [0.5, 0.6) is 0 Å². The molecule has 1 aromatic heterocycles. The first-order valence-electron chi connectivity index (χ1n) is 6.35. The predicted octanol–water partition coefficient (Wildman–Crippen LogP) is -1.58. The van der Waals surface area contributed by atoms with Crippen LogP contribution in [0.4, 0.5) is 0 Å². The first kappa shape index (κ1) is 15.6. The minimum absolute atomic E-state index is 0.477. The number of aryl methyl sites for hydroxylation is 1. The summed E-state index contributed by atoms with van der Waals surface area (Å²) in [6.07, 6.45) is -3.19. The molecule has 0 saturated carbocycles. The van der Waals surface area contributed by atoms with Crippen molar-refractivity contribution in [1.29, 1.82) is 0 Å². The number of nitrogens with zero attached hydrogens (tertiary/aromatic N) is 3. The van der Waals surface area contributed by atoms with Crippen LogP contribution in [0.15, 0.2) is 6.20 Å². The standard InChI is InChI=1S/C11H18ClN3O5/c12-3-1-2-6-4-15(14-13-6)11-10(19)9(18)8(17)7(5-16)20-11/h4,7-11,16-19H,1-3,5H2/t7-,8-,9+,10-,11?/m1/s1. The van der Waals surface area contributed by atoms with Crippen molar-refractivity contribution in [3.8, 4) is 0 Å². The van der Waals surface area contributed by atoms with Gasteiger partial charge in [0.2, 0.25) is 0 Å². The number of aromatic nitrogens is 3. The molecule has 0 aromatic carbocycles. The lowest BCUT2D eigenvalue weighted by atomic mass is 9.98. The van der Waals surface area contributed by atoms with Gasteiger partial charge in [0, 0.05) is 5.88 Å². The molecule has 9 heteroatoms. The highest BCUT2D eigenvalue weighted by molar-refractivity contribution is 6.17. The molecule has 1 aromatic rings. The Kier molecular flexibility index (Phi) is 5.30. The predicted molar refractivity (Wildman–Crippen MR) is 68.1 cm³/mol. The summed E-state index contributed by atoms with van der Waals surface area (Å²) in [5.41, 5.74) is 0.683. The normalized spacial score (nSPS) is 34.4. The molecule has 114 valence electrons. The molecule has 0 spiro atoms. The summed E-state index contributed by atoms with van der Waals surface area (Å²) in [4.78, 5) is 0. The Morgan fingerprint density at radius 2 is 2.00 bits per heavy atom. The Morgan fingerprint density at radius 3 is 2.65 bits per heavy atom. The van der Waals surface area contributed by atoms with E-state index in [9.17, 15) is 15.3 Å². The lowest BCUT2D eigenvalue weighted by Gasteiger charge is -2.39. The lowest BCUT2D eigenvalue weighted by Crippen LogP contribution is -2.56. The van der Waals surface area contributed by atoms with Gasteiger partial charge in [-0.1, -0.05) is 5.21 Å². The van der Waals surface area contributed by atoms with Crippen LogP contribution in [0, 0.1) is 0 Å². The van der Waals surface area contributed by atoms with Crippen molar-refractivity contribution in [3.05, 3.63) is 11.9 Å². The molecule has 1 unspecified atom stereocenters. The largest absolute Gasteiger partial charge is 0.394 e. The molecule has 0 radical (unpaired) electrons. The molecule has 8 nitrogen and oxygen atoms in total. The second-order valence-electron chi connectivity index (χ2n) is 4.70. The van der Waals surface area contributed by atoms with Gasteiger partial charge in [-0.15, -0.1) is 16.7 Å². The molecule has 1 aliphatic rings. The van der Waals surface area contributed by atoms with E-state index in [2.05, 4.69) is 10.3 Å². The summed E-state index contributed by atoms with van der Waals surface area (Å²) in [5, 5.41) is 46.2. The van der Waals surface area contributed by atoms with E-state index in [-0.39, 0.29) is 0 Å². The fraction of sp³-hybridized carbons (Fsp3) is 0.818. The van der Waals surface area contributed by atoms with Crippen molar-refractivity contribution >= 4 is 11.6 Å². The van der Waals surface area contributed by atoms with E-state index in [0.717, 1.165) is 6.42 Å². The van der Waals surface area contributed by atoms with Crippen LogP contribution in [0.2, 0.25) is 0 Å². The Bertz CT molecular complexity index is 430. The van der Waals surface area contributed by atoms with E-state index in [0.29, 0.717) is 18.0 Å². The number of rotatable bonds is 5. The third kappa shape index (κ3) is 3.11. The zero-order valence-corrected chi connectivity index (χ0v) is 11.5. The van der Waals surface area contributed by atoms with Crippen molar-refractivity contribution in [2.75, 3.05) is 12.5 Å². The summed E-state index contributed by atoms with van der Waals surface area (Å²) in [6.45, 7) is -0.477. The Morgan fingerprint density at radius 1 is 1.25 bits per heavy atom. The number of hydrogen-bond acceptors (Lipinski definition) is 7. The van der Waals surface area contributed by atoms with Gasteiger partial charge < -0.3 is 25.2 Å². The molecule has 5 atom stereocenters. The van der Waals surface area contributed by atoms with Crippen molar-refractivity contribution in [3.63, 3.8) is 0 Å². The first-order valence-corrected chi connectivity index (χ1v) is 6.89. The Balaban J connectivity index is 2.12. The van der Waals surface area contributed by atoms with E-state index in [4.69, 9.17) is 21.4 Å².